The van der Waals surface area contributed by atoms with Gasteiger partial charge in [-0.25, -0.2) is 0 Å². The lowest BCUT2D eigenvalue weighted by atomic mass is 10.0. The molecule has 0 aromatic heterocycles. The van der Waals surface area contributed by atoms with Crippen LogP contribution in [0.4, 0.5) is 5.69 Å². The van der Waals surface area contributed by atoms with Gasteiger partial charge in [0.25, 0.3) is 5.91 Å². The van der Waals surface area contributed by atoms with E-state index in [1.807, 2.05) is 24.3 Å². The van der Waals surface area contributed by atoms with Crippen LogP contribution in [0.25, 0.3) is 0 Å². The van der Waals surface area contributed by atoms with E-state index in [-0.39, 0.29) is 17.3 Å². The molecular formula is C20H19BrN2OS2. The number of hydrogen-bond acceptors (Lipinski definition) is 3. The lowest BCUT2D eigenvalue weighted by Crippen LogP contribution is -2.33. The normalized spacial score (nSPS) is 22.5. The number of hydrogen-bond donors (Lipinski definition) is 0. The molecule has 2 aromatic carbocycles. The van der Waals surface area contributed by atoms with Crippen molar-refractivity contribution in [2.75, 3.05) is 10.7 Å². The maximum atomic E-state index is 13.0. The molecule has 2 aliphatic rings. The number of carbonyl (C=O) groups excluding carboxylic acids is 1. The molecule has 26 heavy (non-hydrogen) atoms. The van der Waals surface area contributed by atoms with Crippen molar-refractivity contribution < 1.29 is 4.79 Å². The van der Waals surface area contributed by atoms with Gasteiger partial charge in [-0.3, -0.25) is 9.69 Å². The van der Waals surface area contributed by atoms with Gasteiger partial charge in [-0.05, 0) is 53.5 Å². The topological polar surface area (TPSA) is 23.6 Å². The third-order valence-corrected chi connectivity index (χ3v) is 7.14. The van der Waals surface area contributed by atoms with E-state index >= 15 is 0 Å². The van der Waals surface area contributed by atoms with Crippen molar-refractivity contribution in [3.63, 3.8) is 0 Å². The van der Waals surface area contributed by atoms with Crippen molar-refractivity contribution >= 4 is 56.6 Å². The summed E-state index contributed by atoms with van der Waals surface area (Å²) < 4.78 is 0.984. The number of benzene rings is 2. The molecule has 4 rings (SSSR count). The molecule has 2 saturated heterocycles. The SMILES string of the molecule is CC(C)c1ccc(C2SCC3C(=O)N(c4ccc(Br)cc4)C(=S)N32)cc1. The zero-order valence-corrected chi connectivity index (χ0v) is 17.8. The van der Waals surface area contributed by atoms with E-state index in [1.54, 1.807) is 16.7 Å². The van der Waals surface area contributed by atoms with Crippen molar-refractivity contribution in [3.8, 4) is 0 Å². The Hall–Kier alpha value is -1.37. The smallest absolute Gasteiger partial charge is 0.257 e. The fourth-order valence-corrected chi connectivity index (χ4v) is 5.60. The largest absolute Gasteiger partial charge is 0.319 e. The van der Waals surface area contributed by atoms with Gasteiger partial charge < -0.3 is 4.90 Å². The van der Waals surface area contributed by atoms with Gasteiger partial charge in [0.2, 0.25) is 0 Å². The van der Waals surface area contributed by atoms with E-state index in [1.165, 1.54) is 11.1 Å². The Labute approximate surface area is 171 Å². The molecule has 134 valence electrons. The summed E-state index contributed by atoms with van der Waals surface area (Å²) in [4.78, 5) is 16.8. The minimum absolute atomic E-state index is 0.0751. The average molecular weight is 447 g/mol. The zero-order chi connectivity index (χ0) is 18.4. The summed E-state index contributed by atoms with van der Waals surface area (Å²) in [5.41, 5.74) is 3.36. The Morgan fingerprint density at radius 1 is 1.12 bits per heavy atom. The number of anilines is 1. The standard InChI is InChI=1S/C20H19BrN2OS2/c1-12(2)13-3-5-14(6-4-13)19-23-17(11-26-19)18(24)22(20(23)25)16-9-7-15(21)8-10-16/h3-10,12,17,19H,11H2,1-2H3. The lowest BCUT2D eigenvalue weighted by Gasteiger charge is -2.26. The van der Waals surface area contributed by atoms with Crippen LogP contribution in [0.5, 0.6) is 0 Å². The number of rotatable bonds is 3. The molecular weight excluding hydrogens is 428 g/mol. The number of halogens is 1. The van der Waals surface area contributed by atoms with Gasteiger partial charge in [-0.1, -0.05) is 54.0 Å². The number of fused-ring (bicyclic) bond motifs is 1. The maximum absolute atomic E-state index is 13.0. The van der Waals surface area contributed by atoms with Crippen molar-refractivity contribution in [2.24, 2.45) is 0 Å². The van der Waals surface area contributed by atoms with Gasteiger partial charge >= 0.3 is 0 Å². The summed E-state index contributed by atoms with van der Waals surface area (Å²) in [6, 6.07) is 16.3. The highest BCUT2D eigenvalue weighted by molar-refractivity contribution is 9.10. The molecule has 0 spiro atoms. The third kappa shape index (κ3) is 2.98. The van der Waals surface area contributed by atoms with Crippen LogP contribution in [0, 0.1) is 0 Å². The Balaban J connectivity index is 1.63. The van der Waals surface area contributed by atoms with Crippen LogP contribution in [0.3, 0.4) is 0 Å². The van der Waals surface area contributed by atoms with Crippen LogP contribution in [-0.2, 0) is 4.79 Å². The number of thioether (sulfide) groups is 1. The summed E-state index contributed by atoms with van der Waals surface area (Å²) in [6.45, 7) is 4.39. The zero-order valence-electron chi connectivity index (χ0n) is 14.6. The summed E-state index contributed by atoms with van der Waals surface area (Å²) in [6.07, 6.45) is 0. The highest BCUT2D eigenvalue weighted by atomic mass is 79.9. The fraction of sp³-hybridized carbons (Fsp3) is 0.300. The Kier molecular flexibility index (Phi) is 4.84. The van der Waals surface area contributed by atoms with Gasteiger partial charge in [0, 0.05) is 10.2 Å². The predicted octanol–water partition coefficient (Wildman–Crippen LogP) is 5.32. The lowest BCUT2D eigenvalue weighted by molar-refractivity contribution is -0.119. The molecule has 2 aliphatic heterocycles. The first-order valence-corrected chi connectivity index (χ1v) is 10.9. The highest BCUT2D eigenvalue weighted by Crippen LogP contribution is 2.46. The van der Waals surface area contributed by atoms with E-state index < -0.39 is 0 Å². The molecule has 1 amide bonds. The summed E-state index contributed by atoms with van der Waals surface area (Å²) >= 11 is 11.0. The van der Waals surface area contributed by atoms with Crippen molar-refractivity contribution in [1.82, 2.24) is 4.90 Å². The van der Waals surface area contributed by atoms with Gasteiger partial charge in [0.05, 0.1) is 5.69 Å². The molecule has 3 nitrogen and oxygen atoms in total. The predicted molar refractivity (Wildman–Crippen MR) is 116 cm³/mol. The van der Waals surface area contributed by atoms with E-state index in [0.717, 1.165) is 15.9 Å². The second-order valence-electron chi connectivity index (χ2n) is 6.86. The molecule has 6 heteroatoms. The third-order valence-electron chi connectivity index (χ3n) is 4.89. The monoisotopic (exact) mass is 446 g/mol. The number of nitrogens with zero attached hydrogens (tertiary/aromatic N) is 2. The van der Waals surface area contributed by atoms with Crippen LogP contribution in [0.15, 0.2) is 53.0 Å². The van der Waals surface area contributed by atoms with Crippen molar-refractivity contribution in [2.45, 2.75) is 31.2 Å². The van der Waals surface area contributed by atoms with E-state index in [2.05, 4.69) is 58.9 Å². The van der Waals surface area contributed by atoms with Crippen LogP contribution < -0.4 is 4.90 Å². The second kappa shape index (κ2) is 6.98. The Bertz CT molecular complexity index is 851. The minimum Gasteiger partial charge on any atom is -0.319 e. The second-order valence-corrected chi connectivity index (χ2v) is 9.26. The van der Waals surface area contributed by atoms with Gasteiger partial charge in [-0.2, -0.15) is 0 Å². The van der Waals surface area contributed by atoms with E-state index in [0.29, 0.717) is 11.0 Å². The van der Waals surface area contributed by atoms with E-state index in [9.17, 15) is 4.79 Å². The first-order valence-electron chi connectivity index (χ1n) is 8.60. The quantitative estimate of drug-likeness (QED) is 0.595. The van der Waals surface area contributed by atoms with Crippen LogP contribution in [0.2, 0.25) is 0 Å². The average Bonchev–Trinajstić information content (AvgIpc) is 3.17. The number of carbonyl (C=O) groups is 1. The molecule has 0 aliphatic carbocycles. The molecule has 2 unspecified atom stereocenters. The molecule has 2 aromatic rings. The van der Waals surface area contributed by atoms with E-state index in [4.69, 9.17) is 12.2 Å². The number of thiocarbonyl (C=S) groups is 1. The van der Waals surface area contributed by atoms with Crippen LogP contribution >= 0.6 is 39.9 Å². The summed E-state index contributed by atoms with van der Waals surface area (Å²) in [5, 5.41) is 0.698. The first kappa shape index (κ1) is 18.0. The molecule has 2 atom stereocenters. The molecule has 0 radical (unpaired) electrons. The molecule has 0 bridgehead atoms. The van der Waals surface area contributed by atoms with Crippen LogP contribution in [-0.4, -0.2) is 27.7 Å². The van der Waals surface area contributed by atoms with Crippen molar-refractivity contribution in [3.05, 3.63) is 64.1 Å². The molecule has 0 N–H and O–H groups in total. The first-order chi connectivity index (χ1) is 12.5. The molecule has 2 heterocycles. The molecule has 0 saturated carbocycles. The van der Waals surface area contributed by atoms with Gasteiger partial charge in [0.1, 0.15) is 11.4 Å². The summed E-state index contributed by atoms with van der Waals surface area (Å²) in [7, 11) is 0. The number of amides is 1. The van der Waals surface area contributed by atoms with Crippen LogP contribution in [0.1, 0.15) is 36.3 Å². The highest BCUT2D eigenvalue weighted by Gasteiger charge is 2.50. The fourth-order valence-electron chi connectivity index (χ4n) is 3.42. The van der Waals surface area contributed by atoms with Gasteiger partial charge in [0.15, 0.2) is 5.11 Å². The minimum atomic E-state index is -0.175. The maximum Gasteiger partial charge on any atom is 0.257 e. The summed E-state index contributed by atoms with van der Waals surface area (Å²) in [5.74, 6) is 1.35. The Morgan fingerprint density at radius 3 is 2.38 bits per heavy atom. The van der Waals surface area contributed by atoms with Crippen molar-refractivity contribution in [1.29, 1.82) is 0 Å². The molecule has 2 fully saturated rings. The Morgan fingerprint density at radius 2 is 1.77 bits per heavy atom. The van der Waals surface area contributed by atoms with Gasteiger partial charge in [-0.15, -0.1) is 11.8 Å².